The van der Waals surface area contributed by atoms with Crippen LogP contribution in [0.3, 0.4) is 0 Å². The van der Waals surface area contributed by atoms with E-state index in [1.165, 1.54) is 35.1 Å². The van der Waals surface area contributed by atoms with Crippen LogP contribution in [0.15, 0.2) is 42.5 Å². The molecule has 28 heavy (non-hydrogen) atoms. The Morgan fingerprint density at radius 2 is 1.86 bits per heavy atom. The first-order valence-electron chi connectivity index (χ1n) is 10.3. The van der Waals surface area contributed by atoms with Gasteiger partial charge in [-0.1, -0.05) is 58.4 Å². The largest absolute Gasteiger partial charge is 0.496 e. The predicted octanol–water partition coefficient (Wildman–Crippen LogP) is 5.29. The van der Waals surface area contributed by atoms with E-state index in [2.05, 4.69) is 70.2 Å². The van der Waals surface area contributed by atoms with Gasteiger partial charge in [-0.15, -0.1) is 0 Å². The average Bonchev–Trinajstić information content (AvgIpc) is 2.74. The molecule has 2 aromatic rings. The number of hydrogen-bond donors (Lipinski definition) is 0. The number of likely N-dealkylation sites (tertiary alicyclic amines) is 1. The summed E-state index contributed by atoms with van der Waals surface area (Å²) >= 11 is 3.67. The Hall–Kier alpha value is -1.36. The van der Waals surface area contributed by atoms with E-state index < -0.39 is 0 Å². The summed E-state index contributed by atoms with van der Waals surface area (Å²) in [6.45, 7) is 5.49. The lowest BCUT2D eigenvalue weighted by molar-refractivity contribution is -0.0590. The maximum atomic E-state index is 6.57. The summed E-state index contributed by atoms with van der Waals surface area (Å²) in [5, 5.41) is 0.829. The smallest absolute Gasteiger partial charge is 0.125 e. The first-order chi connectivity index (χ1) is 13.7. The number of alkyl halides is 1. The van der Waals surface area contributed by atoms with Gasteiger partial charge in [-0.2, -0.15) is 0 Å². The van der Waals surface area contributed by atoms with E-state index in [1.54, 1.807) is 7.11 Å². The second kappa shape index (κ2) is 8.98. The number of piperidine rings is 1. The first kappa shape index (κ1) is 19.9. The topological polar surface area (TPSA) is 21.7 Å². The molecular formula is C24H30BrNO2. The first-order valence-corrected chi connectivity index (χ1v) is 11.5. The van der Waals surface area contributed by atoms with Crippen LogP contribution in [0, 0.1) is 12.8 Å². The third-order valence-corrected chi connectivity index (χ3v) is 6.92. The molecule has 150 valence electrons. The molecule has 2 heterocycles. The van der Waals surface area contributed by atoms with Gasteiger partial charge in [0.2, 0.25) is 0 Å². The Labute approximate surface area is 177 Å². The second-order valence-corrected chi connectivity index (χ2v) is 8.75. The van der Waals surface area contributed by atoms with Crippen LogP contribution in [-0.4, -0.2) is 36.5 Å². The standard InChI is InChI=1S/C24H30BrNO2/c1-17-8-9-20-21(24(17)27-2)14-22(28-23(20)15-25)19-10-12-26(13-11-19)16-18-6-4-3-5-7-18/h3-9,19,22-23H,10-16H2,1-2H3/t22-,23-/m0/s1. The monoisotopic (exact) mass is 443 g/mol. The van der Waals surface area contributed by atoms with Crippen LogP contribution in [0.4, 0.5) is 0 Å². The van der Waals surface area contributed by atoms with E-state index in [9.17, 15) is 0 Å². The number of hydrogen-bond acceptors (Lipinski definition) is 3. The fraction of sp³-hybridized carbons (Fsp3) is 0.500. The summed E-state index contributed by atoms with van der Waals surface area (Å²) in [5.74, 6) is 1.67. The van der Waals surface area contributed by atoms with E-state index in [-0.39, 0.29) is 12.2 Å². The minimum absolute atomic E-state index is 0.116. The second-order valence-electron chi connectivity index (χ2n) is 8.10. The number of fused-ring (bicyclic) bond motifs is 1. The molecule has 2 aromatic carbocycles. The van der Waals surface area contributed by atoms with E-state index >= 15 is 0 Å². The van der Waals surface area contributed by atoms with E-state index in [0.717, 1.165) is 37.1 Å². The summed E-state index contributed by atoms with van der Waals surface area (Å²) in [7, 11) is 1.79. The van der Waals surface area contributed by atoms with Crippen LogP contribution in [0.5, 0.6) is 5.75 Å². The third-order valence-electron chi connectivity index (χ3n) is 6.34. The molecule has 0 aromatic heterocycles. The van der Waals surface area contributed by atoms with Gasteiger partial charge in [-0.25, -0.2) is 0 Å². The molecule has 0 aliphatic carbocycles. The van der Waals surface area contributed by atoms with Crippen molar-refractivity contribution in [3.8, 4) is 5.75 Å². The number of rotatable bonds is 5. The van der Waals surface area contributed by atoms with Crippen molar-refractivity contribution in [3.05, 3.63) is 64.7 Å². The van der Waals surface area contributed by atoms with Crippen LogP contribution in [0.1, 0.15) is 41.2 Å². The molecule has 1 saturated heterocycles. The zero-order valence-electron chi connectivity index (χ0n) is 16.9. The van der Waals surface area contributed by atoms with Crippen molar-refractivity contribution in [2.75, 3.05) is 25.5 Å². The lowest BCUT2D eigenvalue weighted by atomic mass is 9.83. The SMILES string of the molecule is COc1c(C)ccc2c1C[C@@H](C1CCN(Cc3ccccc3)CC1)O[C@H]2CBr. The Bertz CT molecular complexity index is 787. The molecule has 0 radical (unpaired) electrons. The van der Waals surface area contributed by atoms with Crippen molar-refractivity contribution >= 4 is 15.9 Å². The molecule has 0 unspecified atom stereocenters. The molecule has 0 bridgehead atoms. The lowest BCUT2D eigenvalue weighted by Gasteiger charge is -2.40. The van der Waals surface area contributed by atoms with Gasteiger partial charge in [-0.3, -0.25) is 4.90 Å². The van der Waals surface area contributed by atoms with Gasteiger partial charge >= 0.3 is 0 Å². The Balaban J connectivity index is 1.44. The number of halogens is 1. The molecule has 0 spiro atoms. The molecule has 0 amide bonds. The summed E-state index contributed by atoms with van der Waals surface area (Å²) in [5.41, 5.74) is 5.27. The third kappa shape index (κ3) is 4.14. The molecule has 4 rings (SSSR count). The maximum Gasteiger partial charge on any atom is 0.125 e. The summed E-state index contributed by atoms with van der Waals surface area (Å²) in [6.07, 6.45) is 3.77. The quantitative estimate of drug-likeness (QED) is 0.585. The number of nitrogens with zero attached hydrogens (tertiary/aromatic N) is 1. The van der Waals surface area contributed by atoms with E-state index in [4.69, 9.17) is 9.47 Å². The van der Waals surface area contributed by atoms with Crippen LogP contribution in [0.25, 0.3) is 0 Å². The van der Waals surface area contributed by atoms with Crippen molar-refractivity contribution in [2.45, 2.75) is 44.9 Å². The molecule has 0 N–H and O–H groups in total. The van der Waals surface area contributed by atoms with Gasteiger partial charge in [0.05, 0.1) is 19.3 Å². The Morgan fingerprint density at radius 1 is 1.11 bits per heavy atom. The van der Waals surface area contributed by atoms with E-state index in [0.29, 0.717) is 5.92 Å². The van der Waals surface area contributed by atoms with Crippen molar-refractivity contribution in [3.63, 3.8) is 0 Å². The normalized spacial score (nSPS) is 23.4. The zero-order chi connectivity index (χ0) is 19.5. The van der Waals surface area contributed by atoms with Gasteiger partial charge in [0, 0.05) is 23.9 Å². The molecule has 3 nitrogen and oxygen atoms in total. The highest BCUT2D eigenvalue weighted by molar-refractivity contribution is 9.09. The molecule has 2 aliphatic rings. The van der Waals surface area contributed by atoms with Crippen molar-refractivity contribution in [1.29, 1.82) is 0 Å². The Kier molecular flexibility index (Phi) is 6.39. The van der Waals surface area contributed by atoms with Crippen LogP contribution < -0.4 is 4.74 Å². The van der Waals surface area contributed by atoms with Gasteiger partial charge < -0.3 is 9.47 Å². The van der Waals surface area contributed by atoms with Crippen molar-refractivity contribution < 1.29 is 9.47 Å². The highest BCUT2D eigenvalue weighted by atomic mass is 79.9. The number of methoxy groups -OCH3 is 1. The molecule has 1 fully saturated rings. The average molecular weight is 444 g/mol. The fourth-order valence-corrected chi connectivity index (χ4v) is 5.31. The zero-order valence-corrected chi connectivity index (χ0v) is 18.5. The Morgan fingerprint density at radius 3 is 2.54 bits per heavy atom. The fourth-order valence-electron chi connectivity index (χ4n) is 4.81. The lowest BCUT2D eigenvalue weighted by Crippen LogP contribution is -2.41. The van der Waals surface area contributed by atoms with Crippen molar-refractivity contribution in [2.24, 2.45) is 5.92 Å². The van der Waals surface area contributed by atoms with Crippen LogP contribution in [-0.2, 0) is 17.7 Å². The predicted molar refractivity (Wildman–Crippen MR) is 117 cm³/mol. The van der Waals surface area contributed by atoms with Gasteiger partial charge in [0.15, 0.2) is 0 Å². The summed E-state index contributed by atoms with van der Waals surface area (Å²) in [6, 6.07) is 15.2. The summed E-state index contributed by atoms with van der Waals surface area (Å²) in [4.78, 5) is 2.58. The van der Waals surface area contributed by atoms with Gasteiger partial charge in [0.1, 0.15) is 5.75 Å². The minimum Gasteiger partial charge on any atom is -0.496 e. The van der Waals surface area contributed by atoms with Crippen LogP contribution >= 0.6 is 15.9 Å². The number of aryl methyl sites for hydroxylation is 1. The molecule has 2 atom stereocenters. The molecule has 4 heteroatoms. The highest BCUT2D eigenvalue weighted by Crippen LogP contribution is 2.41. The highest BCUT2D eigenvalue weighted by Gasteiger charge is 2.35. The van der Waals surface area contributed by atoms with Gasteiger partial charge in [-0.05, 0) is 55.5 Å². The number of ether oxygens (including phenoxy) is 2. The van der Waals surface area contributed by atoms with Crippen molar-refractivity contribution in [1.82, 2.24) is 4.90 Å². The molecular weight excluding hydrogens is 414 g/mol. The number of benzene rings is 2. The van der Waals surface area contributed by atoms with Crippen LogP contribution in [0.2, 0.25) is 0 Å². The molecule has 2 aliphatic heterocycles. The van der Waals surface area contributed by atoms with Gasteiger partial charge in [0.25, 0.3) is 0 Å². The molecule has 0 saturated carbocycles. The minimum atomic E-state index is 0.116. The summed E-state index contributed by atoms with van der Waals surface area (Å²) < 4.78 is 12.3. The maximum absolute atomic E-state index is 6.57. The van der Waals surface area contributed by atoms with E-state index in [1.807, 2.05) is 0 Å².